The van der Waals surface area contributed by atoms with Gasteiger partial charge in [0.2, 0.25) is 0 Å². The number of aryl methyl sites for hydroxylation is 2. The Labute approximate surface area is 138 Å². The van der Waals surface area contributed by atoms with E-state index in [4.69, 9.17) is 0 Å². The standard InChI is InChI=1S/C22H34/c1-5-7-10-19-15-14-17(3)22(16-19)21-13-9-12-20(18(21)4)11-8-6-2/h14-16,20H,5-13H2,1-4H3. The minimum atomic E-state index is 0.836. The van der Waals surface area contributed by atoms with Gasteiger partial charge in [-0.3, -0.25) is 0 Å². The van der Waals surface area contributed by atoms with Gasteiger partial charge >= 0.3 is 0 Å². The molecule has 1 aromatic rings. The molecule has 1 aromatic carbocycles. The average molecular weight is 299 g/mol. The Morgan fingerprint density at radius 3 is 2.55 bits per heavy atom. The van der Waals surface area contributed by atoms with Crippen LogP contribution in [-0.4, -0.2) is 0 Å². The van der Waals surface area contributed by atoms with Crippen molar-refractivity contribution in [3.8, 4) is 0 Å². The highest BCUT2D eigenvalue weighted by Gasteiger charge is 2.21. The van der Waals surface area contributed by atoms with E-state index in [0.29, 0.717) is 0 Å². The van der Waals surface area contributed by atoms with Crippen LogP contribution in [-0.2, 0) is 6.42 Å². The lowest BCUT2D eigenvalue weighted by atomic mass is 9.77. The predicted molar refractivity (Wildman–Crippen MR) is 99.3 cm³/mol. The number of benzene rings is 1. The van der Waals surface area contributed by atoms with Crippen molar-refractivity contribution in [3.63, 3.8) is 0 Å². The highest BCUT2D eigenvalue weighted by atomic mass is 14.3. The van der Waals surface area contributed by atoms with Crippen molar-refractivity contribution >= 4 is 5.57 Å². The summed E-state index contributed by atoms with van der Waals surface area (Å²) in [5.41, 5.74) is 7.90. The van der Waals surface area contributed by atoms with E-state index in [1.54, 1.807) is 16.7 Å². The van der Waals surface area contributed by atoms with Crippen LogP contribution in [0.3, 0.4) is 0 Å². The summed E-state index contributed by atoms with van der Waals surface area (Å²) in [5, 5.41) is 0. The Balaban J connectivity index is 2.28. The van der Waals surface area contributed by atoms with Crippen LogP contribution in [0.15, 0.2) is 23.8 Å². The maximum atomic E-state index is 2.49. The summed E-state index contributed by atoms with van der Waals surface area (Å²) < 4.78 is 0. The van der Waals surface area contributed by atoms with Gasteiger partial charge in [-0.25, -0.2) is 0 Å². The molecular formula is C22H34. The van der Waals surface area contributed by atoms with Gasteiger partial charge in [0.1, 0.15) is 0 Å². The molecule has 0 heterocycles. The van der Waals surface area contributed by atoms with Crippen molar-refractivity contribution in [1.82, 2.24) is 0 Å². The molecular weight excluding hydrogens is 264 g/mol. The van der Waals surface area contributed by atoms with Crippen LogP contribution in [0, 0.1) is 12.8 Å². The molecule has 1 atom stereocenters. The van der Waals surface area contributed by atoms with Crippen LogP contribution >= 0.6 is 0 Å². The first kappa shape index (κ1) is 17.3. The Hall–Kier alpha value is -1.04. The molecule has 0 saturated carbocycles. The second kappa shape index (κ2) is 8.56. The molecule has 0 spiro atoms. The van der Waals surface area contributed by atoms with Crippen molar-refractivity contribution in [1.29, 1.82) is 0 Å². The van der Waals surface area contributed by atoms with E-state index in [-0.39, 0.29) is 0 Å². The molecule has 2 rings (SSSR count). The minimum Gasteiger partial charge on any atom is -0.0664 e. The Bertz CT molecular complexity index is 507. The fourth-order valence-corrected chi connectivity index (χ4v) is 3.87. The van der Waals surface area contributed by atoms with Gasteiger partial charge in [0.05, 0.1) is 0 Å². The first-order chi connectivity index (χ1) is 10.7. The molecule has 0 fully saturated rings. The van der Waals surface area contributed by atoms with Gasteiger partial charge in [0, 0.05) is 0 Å². The van der Waals surface area contributed by atoms with Crippen molar-refractivity contribution in [2.45, 2.75) is 85.5 Å². The van der Waals surface area contributed by atoms with Crippen LogP contribution in [0.25, 0.3) is 5.57 Å². The fourth-order valence-electron chi connectivity index (χ4n) is 3.87. The molecule has 0 heteroatoms. The molecule has 0 bridgehead atoms. The number of hydrogen-bond acceptors (Lipinski definition) is 0. The lowest BCUT2D eigenvalue weighted by Gasteiger charge is -2.28. The third-order valence-corrected chi connectivity index (χ3v) is 5.42. The molecule has 0 saturated heterocycles. The van der Waals surface area contributed by atoms with Gasteiger partial charge in [-0.05, 0) is 80.6 Å². The van der Waals surface area contributed by atoms with Crippen LogP contribution < -0.4 is 0 Å². The van der Waals surface area contributed by atoms with Crippen LogP contribution in [0.2, 0.25) is 0 Å². The summed E-state index contributed by atoms with van der Waals surface area (Å²) in [4.78, 5) is 0. The highest BCUT2D eigenvalue weighted by molar-refractivity contribution is 5.72. The predicted octanol–water partition coefficient (Wildman–Crippen LogP) is 7.10. The molecule has 0 radical (unpaired) electrons. The number of rotatable bonds is 7. The molecule has 0 aliphatic heterocycles. The van der Waals surface area contributed by atoms with Crippen LogP contribution in [0.5, 0.6) is 0 Å². The number of hydrogen-bond donors (Lipinski definition) is 0. The molecule has 1 aliphatic carbocycles. The van der Waals surface area contributed by atoms with Crippen LogP contribution in [0.1, 0.15) is 88.8 Å². The zero-order valence-electron chi connectivity index (χ0n) is 15.2. The van der Waals surface area contributed by atoms with Gasteiger partial charge in [-0.1, -0.05) is 56.9 Å². The topological polar surface area (TPSA) is 0 Å². The first-order valence-electron chi connectivity index (χ1n) is 9.46. The third-order valence-electron chi connectivity index (χ3n) is 5.42. The summed E-state index contributed by atoms with van der Waals surface area (Å²) in [6.07, 6.45) is 12.0. The maximum Gasteiger partial charge on any atom is -0.0193 e. The normalized spacial score (nSPS) is 18.8. The van der Waals surface area contributed by atoms with E-state index in [9.17, 15) is 0 Å². The molecule has 0 nitrogen and oxygen atoms in total. The minimum absolute atomic E-state index is 0.836. The van der Waals surface area contributed by atoms with E-state index in [0.717, 1.165) is 5.92 Å². The summed E-state index contributed by atoms with van der Waals surface area (Å²) in [6.45, 7) is 9.28. The van der Waals surface area contributed by atoms with Crippen molar-refractivity contribution in [3.05, 3.63) is 40.5 Å². The molecule has 0 aromatic heterocycles. The number of allylic oxidation sites excluding steroid dienone is 2. The van der Waals surface area contributed by atoms with E-state index < -0.39 is 0 Å². The Morgan fingerprint density at radius 2 is 1.82 bits per heavy atom. The smallest absolute Gasteiger partial charge is 0.0193 e. The lowest BCUT2D eigenvalue weighted by molar-refractivity contribution is 0.466. The zero-order valence-corrected chi connectivity index (χ0v) is 15.2. The molecule has 122 valence electrons. The average Bonchev–Trinajstić information content (AvgIpc) is 2.53. The van der Waals surface area contributed by atoms with Gasteiger partial charge in [0.25, 0.3) is 0 Å². The SMILES string of the molecule is CCCCc1ccc(C)c(C2=C(C)C(CCCC)CCC2)c1. The van der Waals surface area contributed by atoms with Crippen molar-refractivity contribution in [2.75, 3.05) is 0 Å². The molecule has 22 heavy (non-hydrogen) atoms. The molecule has 1 aliphatic rings. The van der Waals surface area contributed by atoms with Gasteiger partial charge in [-0.15, -0.1) is 0 Å². The van der Waals surface area contributed by atoms with E-state index in [2.05, 4.69) is 45.9 Å². The zero-order chi connectivity index (χ0) is 15.9. The maximum absolute atomic E-state index is 2.49. The first-order valence-corrected chi connectivity index (χ1v) is 9.46. The second-order valence-electron chi connectivity index (χ2n) is 7.15. The fraction of sp³-hybridized carbons (Fsp3) is 0.636. The van der Waals surface area contributed by atoms with Gasteiger partial charge in [-0.2, -0.15) is 0 Å². The Morgan fingerprint density at radius 1 is 1.05 bits per heavy atom. The Kier molecular flexibility index (Phi) is 6.73. The van der Waals surface area contributed by atoms with Gasteiger partial charge < -0.3 is 0 Å². The highest BCUT2D eigenvalue weighted by Crippen LogP contribution is 2.39. The summed E-state index contributed by atoms with van der Waals surface area (Å²) in [7, 11) is 0. The van der Waals surface area contributed by atoms with Gasteiger partial charge in [0.15, 0.2) is 0 Å². The van der Waals surface area contributed by atoms with E-state index >= 15 is 0 Å². The summed E-state index contributed by atoms with van der Waals surface area (Å²) in [5.74, 6) is 0.836. The van der Waals surface area contributed by atoms with E-state index in [1.165, 1.54) is 68.9 Å². The van der Waals surface area contributed by atoms with Crippen LogP contribution in [0.4, 0.5) is 0 Å². The molecule has 0 amide bonds. The molecule has 0 N–H and O–H groups in total. The third kappa shape index (κ3) is 4.24. The van der Waals surface area contributed by atoms with Crippen molar-refractivity contribution < 1.29 is 0 Å². The lowest BCUT2D eigenvalue weighted by Crippen LogP contribution is -2.11. The number of unbranched alkanes of at least 4 members (excludes halogenated alkanes) is 2. The molecule has 1 unspecified atom stereocenters. The summed E-state index contributed by atoms with van der Waals surface area (Å²) in [6, 6.07) is 7.17. The van der Waals surface area contributed by atoms with Crippen molar-refractivity contribution in [2.24, 2.45) is 5.92 Å². The quantitative estimate of drug-likeness (QED) is 0.503. The monoisotopic (exact) mass is 298 g/mol. The largest absolute Gasteiger partial charge is 0.0664 e. The van der Waals surface area contributed by atoms with E-state index in [1.807, 2.05) is 0 Å². The summed E-state index contributed by atoms with van der Waals surface area (Å²) >= 11 is 0. The second-order valence-corrected chi connectivity index (χ2v) is 7.15.